The third-order valence-corrected chi connectivity index (χ3v) is 5.45. The van der Waals surface area contributed by atoms with Gasteiger partial charge in [0.1, 0.15) is 4.91 Å². The molecule has 3 nitrogen and oxygen atoms in total. The molecule has 1 heterocycles. The van der Waals surface area contributed by atoms with Crippen LogP contribution in [0.3, 0.4) is 0 Å². The number of carbonyl (C=O) groups excluding carboxylic acids is 1. The fourth-order valence-corrected chi connectivity index (χ4v) is 3.97. The van der Waals surface area contributed by atoms with Gasteiger partial charge in [0.25, 0.3) is 0 Å². The first kappa shape index (κ1) is 13.3. The number of halogens is 1. The normalized spacial score (nSPS) is 18.2. The van der Waals surface area contributed by atoms with Crippen LogP contribution in [0, 0.1) is 0 Å². The Kier molecular flexibility index (Phi) is 3.11. The molecule has 1 aliphatic heterocycles. The molecule has 0 spiro atoms. The van der Waals surface area contributed by atoms with Crippen LogP contribution in [-0.2, 0) is 9.84 Å². The molecule has 1 aliphatic rings. The number of Topliss-reactive ketones (excluding diaryl/α,β-unsaturated/α-hetero) is 1. The second-order valence-electron chi connectivity index (χ2n) is 4.39. The summed E-state index contributed by atoms with van der Waals surface area (Å²) >= 11 is 3.31. The minimum Gasteiger partial charge on any atom is -0.288 e. The molecule has 2 aromatic carbocycles. The van der Waals surface area contributed by atoms with Gasteiger partial charge in [-0.1, -0.05) is 40.2 Å². The van der Waals surface area contributed by atoms with Crippen LogP contribution in [0.5, 0.6) is 0 Å². The van der Waals surface area contributed by atoms with Crippen LogP contribution in [0.15, 0.2) is 62.8 Å². The van der Waals surface area contributed by atoms with Gasteiger partial charge < -0.3 is 0 Å². The lowest BCUT2D eigenvalue weighted by Crippen LogP contribution is -2.01. The molecule has 0 aromatic heterocycles. The number of ketones is 1. The molecular formula is C15H9BrO3S. The Morgan fingerprint density at radius 1 is 0.950 bits per heavy atom. The minimum absolute atomic E-state index is 0.0911. The lowest BCUT2D eigenvalue weighted by molar-refractivity contribution is 0.104. The van der Waals surface area contributed by atoms with Crippen molar-refractivity contribution in [3.63, 3.8) is 0 Å². The number of benzene rings is 2. The smallest absolute Gasteiger partial charge is 0.211 e. The topological polar surface area (TPSA) is 51.2 Å². The SMILES string of the molecule is O=C1C(=Cc2ccc(Br)cc2)S(=O)(=O)c2ccccc21. The first-order chi connectivity index (χ1) is 9.50. The number of sulfone groups is 1. The van der Waals surface area contributed by atoms with Crippen molar-refractivity contribution < 1.29 is 13.2 Å². The average Bonchev–Trinajstić information content (AvgIpc) is 2.63. The number of allylic oxidation sites excluding steroid dienone is 1. The van der Waals surface area contributed by atoms with Gasteiger partial charge >= 0.3 is 0 Å². The molecule has 100 valence electrons. The van der Waals surface area contributed by atoms with E-state index in [-0.39, 0.29) is 15.4 Å². The molecule has 20 heavy (non-hydrogen) atoms. The molecule has 0 unspecified atom stereocenters. The summed E-state index contributed by atoms with van der Waals surface area (Å²) in [6.45, 7) is 0. The molecule has 5 heteroatoms. The zero-order valence-electron chi connectivity index (χ0n) is 10.2. The monoisotopic (exact) mass is 348 g/mol. The third-order valence-electron chi connectivity index (χ3n) is 3.10. The minimum atomic E-state index is -3.70. The molecule has 0 radical (unpaired) electrons. The van der Waals surface area contributed by atoms with Crippen LogP contribution in [0.4, 0.5) is 0 Å². The lowest BCUT2D eigenvalue weighted by Gasteiger charge is -1.98. The molecule has 0 atom stereocenters. The second kappa shape index (κ2) is 4.68. The quantitative estimate of drug-likeness (QED) is 0.741. The fraction of sp³-hybridized carbons (Fsp3) is 0. The van der Waals surface area contributed by atoms with Crippen molar-refractivity contribution in [2.75, 3.05) is 0 Å². The summed E-state index contributed by atoms with van der Waals surface area (Å²) in [6, 6.07) is 13.4. The van der Waals surface area contributed by atoms with Gasteiger partial charge in [0.15, 0.2) is 0 Å². The van der Waals surface area contributed by atoms with E-state index in [2.05, 4.69) is 15.9 Å². The maximum atomic E-state index is 12.4. The fourth-order valence-electron chi connectivity index (χ4n) is 2.12. The highest BCUT2D eigenvalue weighted by Crippen LogP contribution is 2.34. The van der Waals surface area contributed by atoms with Crippen LogP contribution < -0.4 is 0 Å². The van der Waals surface area contributed by atoms with E-state index in [1.807, 2.05) is 0 Å². The van der Waals surface area contributed by atoms with Gasteiger partial charge in [-0.3, -0.25) is 4.79 Å². The van der Waals surface area contributed by atoms with E-state index in [0.29, 0.717) is 5.56 Å². The third kappa shape index (κ3) is 2.03. The van der Waals surface area contributed by atoms with Crippen LogP contribution in [-0.4, -0.2) is 14.2 Å². The maximum absolute atomic E-state index is 12.4. The van der Waals surface area contributed by atoms with Crippen LogP contribution in [0.2, 0.25) is 0 Å². The van der Waals surface area contributed by atoms with Crippen molar-refractivity contribution in [3.8, 4) is 0 Å². The van der Waals surface area contributed by atoms with Gasteiger partial charge in [0.05, 0.1) is 4.90 Å². The van der Waals surface area contributed by atoms with Crippen molar-refractivity contribution in [3.05, 3.63) is 69.0 Å². The van der Waals surface area contributed by atoms with Gasteiger partial charge in [-0.15, -0.1) is 0 Å². The lowest BCUT2D eigenvalue weighted by atomic mass is 10.1. The standard InChI is InChI=1S/C15H9BrO3S/c16-11-7-5-10(6-8-11)9-14-15(17)12-3-1-2-4-13(12)20(14,18)19/h1-9H. The van der Waals surface area contributed by atoms with Gasteiger partial charge in [0.2, 0.25) is 15.6 Å². The Balaban J connectivity index is 2.17. The van der Waals surface area contributed by atoms with Crippen molar-refractivity contribution in [2.24, 2.45) is 0 Å². The Labute approximate surface area is 125 Å². The molecule has 0 saturated carbocycles. The molecule has 0 saturated heterocycles. The zero-order valence-corrected chi connectivity index (χ0v) is 12.6. The van der Waals surface area contributed by atoms with E-state index >= 15 is 0 Å². The highest BCUT2D eigenvalue weighted by atomic mass is 79.9. The number of rotatable bonds is 1. The Morgan fingerprint density at radius 2 is 1.60 bits per heavy atom. The molecule has 0 fully saturated rings. The molecule has 0 N–H and O–H groups in total. The number of hydrogen-bond acceptors (Lipinski definition) is 3. The Morgan fingerprint density at radius 3 is 2.25 bits per heavy atom. The predicted molar refractivity (Wildman–Crippen MR) is 80.1 cm³/mol. The molecule has 0 amide bonds. The number of fused-ring (bicyclic) bond motifs is 1. The first-order valence-electron chi connectivity index (χ1n) is 5.86. The van der Waals surface area contributed by atoms with Crippen LogP contribution in [0.1, 0.15) is 15.9 Å². The summed E-state index contributed by atoms with van der Waals surface area (Å²) in [7, 11) is -3.70. The van der Waals surface area contributed by atoms with Gasteiger partial charge in [-0.2, -0.15) is 0 Å². The van der Waals surface area contributed by atoms with E-state index < -0.39 is 15.6 Å². The number of carbonyl (C=O) groups is 1. The van der Waals surface area contributed by atoms with Gasteiger partial charge in [-0.25, -0.2) is 8.42 Å². The van der Waals surface area contributed by atoms with Crippen molar-refractivity contribution in [2.45, 2.75) is 4.90 Å². The first-order valence-corrected chi connectivity index (χ1v) is 8.14. The Hall–Kier alpha value is -1.72. The largest absolute Gasteiger partial charge is 0.288 e. The van der Waals surface area contributed by atoms with Gasteiger partial charge in [0, 0.05) is 10.0 Å². The predicted octanol–water partition coefficient (Wildman–Crippen LogP) is 3.46. The average molecular weight is 349 g/mol. The van der Waals surface area contributed by atoms with Crippen LogP contribution in [0.25, 0.3) is 6.08 Å². The van der Waals surface area contributed by atoms with Crippen LogP contribution >= 0.6 is 15.9 Å². The molecule has 2 aromatic rings. The molecule has 3 rings (SSSR count). The van der Waals surface area contributed by atoms with E-state index in [9.17, 15) is 13.2 Å². The Bertz CT molecular complexity index is 834. The second-order valence-corrected chi connectivity index (χ2v) is 7.19. The van der Waals surface area contributed by atoms with Gasteiger partial charge in [-0.05, 0) is 35.9 Å². The van der Waals surface area contributed by atoms with Crippen molar-refractivity contribution >= 4 is 37.6 Å². The summed E-state index contributed by atoms with van der Waals surface area (Å²) in [4.78, 5) is 12.2. The highest BCUT2D eigenvalue weighted by molar-refractivity contribution is 9.10. The summed E-state index contributed by atoms with van der Waals surface area (Å²) < 4.78 is 25.6. The number of hydrogen-bond donors (Lipinski definition) is 0. The molecule has 0 aliphatic carbocycles. The molecule has 0 bridgehead atoms. The molecular weight excluding hydrogens is 340 g/mol. The zero-order chi connectivity index (χ0) is 14.3. The van der Waals surface area contributed by atoms with Crippen molar-refractivity contribution in [1.29, 1.82) is 0 Å². The summed E-state index contributed by atoms with van der Waals surface area (Å²) in [5, 5.41) is 0. The highest BCUT2D eigenvalue weighted by Gasteiger charge is 2.38. The van der Waals surface area contributed by atoms with E-state index in [4.69, 9.17) is 0 Å². The van der Waals surface area contributed by atoms with Crippen molar-refractivity contribution in [1.82, 2.24) is 0 Å². The van der Waals surface area contributed by atoms with E-state index in [0.717, 1.165) is 4.47 Å². The van der Waals surface area contributed by atoms with E-state index in [1.165, 1.54) is 18.2 Å². The summed E-state index contributed by atoms with van der Waals surface area (Å²) in [5.74, 6) is -0.441. The summed E-state index contributed by atoms with van der Waals surface area (Å²) in [6.07, 6.45) is 1.42. The van der Waals surface area contributed by atoms with E-state index in [1.54, 1.807) is 36.4 Å². The maximum Gasteiger partial charge on any atom is 0.211 e. The summed E-state index contributed by atoms with van der Waals surface area (Å²) in [5.41, 5.74) is 0.920.